The molecule has 1 aromatic carbocycles. The molecule has 0 saturated carbocycles. The summed E-state index contributed by atoms with van der Waals surface area (Å²) >= 11 is 3.69. The fourth-order valence-corrected chi connectivity index (χ4v) is 3.90. The van der Waals surface area contributed by atoms with Gasteiger partial charge in [-0.1, -0.05) is 23.9 Å². The van der Waals surface area contributed by atoms with Gasteiger partial charge in [-0.2, -0.15) is 0 Å². The Bertz CT molecular complexity index is 481. The smallest absolute Gasteiger partial charge is 0.151 e. The van der Waals surface area contributed by atoms with E-state index in [1.165, 1.54) is 21.9 Å². The molecule has 2 nitrogen and oxygen atoms in total. The first-order valence-corrected chi connectivity index (χ1v) is 8.58. The number of hydrogen-bond donors (Lipinski definition) is 1. The second-order valence-corrected chi connectivity index (χ2v) is 8.05. The number of thioether (sulfide) groups is 1. The highest BCUT2D eigenvalue weighted by Crippen LogP contribution is 2.29. The summed E-state index contributed by atoms with van der Waals surface area (Å²) in [4.78, 5) is 4.64. The molecule has 1 heterocycles. The van der Waals surface area contributed by atoms with Crippen molar-refractivity contribution in [2.75, 3.05) is 12.3 Å². The first-order valence-electron chi connectivity index (χ1n) is 6.78. The third kappa shape index (κ3) is 5.13. The molecule has 1 aromatic heterocycles. The first-order chi connectivity index (χ1) is 9.04. The molecule has 0 bridgehead atoms. The van der Waals surface area contributed by atoms with E-state index in [0.29, 0.717) is 0 Å². The lowest BCUT2D eigenvalue weighted by molar-refractivity contribution is 0.421. The van der Waals surface area contributed by atoms with Crippen molar-refractivity contribution < 1.29 is 0 Å². The van der Waals surface area contributed by atoms with Crippen LogP contribution in [0.4, 0.5) is 0 Å². The van der Waals surface area contributed by atoms with Crippen molar-refractivity contribution >= 4 is 33.3 Å². The van der Waals surface area contributed by atoms with Gasteiger partial charge in [0.05, 0.1) is 10.2 Å². The van der Waals surface area contributed by atoms with Gasteiger partial charge in [0.15, 0.2) is 4.34 Å². The molecule has 0 radical (unpaired) electrons. The average Bonchev–Trinajstić information content (AvgIpc) is 2.74. The maximum Gasteiger partial charge on any atom is 0.151 e. The summed E-state index contributed by atoms with van der Waals surface area (Å²) in [6.07, 6.45) is 2.47. The minimum Gasteiger partial charge on any atom is -0.312 e. The van der Waals surface area contributed by atoms with Crippen molar-refractivity contribution in [3.05, 3.63) is 24.3 Å². The van der Waals surface area contributed by atoms with E-state index in [0.717, 1.165) is 17.8 Å². The summed E-state index contributed by atoms with van der Waals surface area (Å²) in [6, 6.07) is 8.36. The van der Waals surface area contributed by atoms with Crippen molar-refractivity contribution in [2.45, 2.75) is 43.5 Å². The fraction of sp³-hybridized carbons (Fsp3) is 0.533. The quantitative estimate of drug-likeness (QED) is 0.624. The minimum atomic E-state index is 0.236. The molecular formula is C15H22N2S2. The van der Waals surface area contributed by atoms with E-state index in [2.05, 4.69) is 55.3 Å². The zero-order chi connectivity index (χ0) is 13.7. The van der Waals surface area contributed by atoms with Crippen LogP contribution in [0.3, 0.4) is 0 Å². The van der Waals surface area contributed by atoms with Gasteiger partial charge >= 0.3 is 0 Å². The molecule has 0 saturated heterocycles. The lowest BCUT2D eigenvalue weighted by Crippen LogP contribution is -2.36. The highest BCUT2D eigenvalue weighted by molar-refractivity contribution is 8.01. The number of nitrogens with zero attached hydrogens (tertiary/aromatic N) is 1. The first kappa shape index (κ1) is 14.8. The number of para-hydroxylation sites is 1. The van der Waals surface area contributed by atoms with Crippen LogP contribution in [-0.4, -0.2) is 22.8 Å². The third-order valence-electron chi connectivity index (χ3n) is 2.73. The van der Waals surface area contributed by atoms with Crippen LogP contribution in [0.1, 0.15) is 33.6 Å². The molecule has 0 spiro atoms. The van der Waals surface area contributed by atoms with Gasteiger partial charge in [0.25, 0.3) is 0 Å². The molecule has 0 fully saturated rings. The van der Waals surface area contributed by atoms with Crippen molar-refractivity contribution in [2.24, 2.45) is 0 Å². The van der Waals surface area contributed by atoms with Gasteiger partial charge in [-0.05, 0) is 52.3 Å². The summed E-state index contributed by atoms with van der Waals surface area (Å²) in [7, 11) is 0. The van der Waals surface area contributed by atoms with Gasteiger partial charge in [0.2, 0.25) is 0 Å². The summed E-state index contributed by atoms with van der Waals surface area (Å²) in [5.41, 5.74) is 1.37. The number of unbranched alkanes of at least 4 members (excludes halogenated alkanes) is 1. The summed E-state index contributed by atoms with van der Waals surface area (Å²) in [5, 5.41) is 3.52. The predicted molar refractivity (Wildman–Crippen MR) is 87.3 cm³/mol. The zero-order valence-electron chi connectivity index (χ0n) is 11.9. The van der Waals surface area contributed by atoms with E-state index in [-0.39, 0.29) is 5.54 Å². The molecule has 0 unspecified atom stereocenters. The Morgan fingerprint density at radius 1 is 1.21 bits per heavy atom. The molecule has 2 aromatic rings. The second kappa shape index (κ2) is 6.73. The van der Waals surface area contributed by atoms with E-state index in [1.807, 2.05) is 11.8 Å². The molecule has 19 heavy (non-hydrogen) atoms. The standard InChI is InChI=1S/C15H22N2S2/c1-15(2,3)16-10-6-7-11-18-14-17-12-8-4-5-9-13(12)19-14/h4-5,8-9,16H,6-7,10-11H2,1-3H3. The van der Waals surface area contributed by atoms with Crippen LogP contribution in [0.25, 0.3) is 10.2 Å². The van der Waals surface area contributed by atoms with Gasteiger partial charge in [0, 0.05) is 11.3 Å². The third-order valence-corrected chi connectivity index (χ3v) is 4.99. The molecule has 4 heteroatoms. The molecule has 104 valence electrons. The lowest BCUT2D eigenvalue weighted by Gasteiger charge is -2.20. The maximum absolute atomic E-state index is 4.64. The average molecular weight is 294 g/mol. The van der Waals surface area contributed by atoms with Crippen molar-refractivity contribution in [3.63, 3.8) is 0 Å². The van der Waals surface area contributed by atoms with Gasteiger partial charge in [-0.25, -0.2) is 4.98 Å². The van der Waals surface area contributed by atoms with E-state index in [4.69, 9.17) is 0 Å². The largest absolute Gasteiger partial charge is 0.312 e. The molecule has 2 rings (SSSR count). The predicted octanol–water partition coefficient (Wildman–Crippen LogP) is 4.56. The normalized spacial score (nSPS) is 12.2. The Morgan fingerprint density at radius 2 is 2.00 bits per heavy atom. The fourth-order valence-electron chi connectivity index (χ4n) is 1.76. The molecule has 0 aliphatic carbocycles. The number of fused-ring (bicyclic) bond motifs is 1. The molecule has 1 N–H and O–H groups in total. The van der Waals surface area contributed by atoms with Crippen LogP contribution in [0.2, 0.25) is 0 Å². The topological polar surface area (TPSA) is 24.9 Å². The van der Waals surface area contributed by atoms with Crippen molar-refractivity contribution in [1.29, 1.82) is 0 Å². The number of rotatable bonds is 6. The number of aromatic nitrogens is 1. The Morgan fingerprint density at radius 3 is 2.74 bits per heavy atom. The van der Waals surface area contributed by atoms with Crippen LogP contribution in [-0.2, 0) is 0 Å². The van der Waals surface area contributed by atoms with Gasteiger partial charge < -0.3 is 5.32 Å². The number of benzene rings is 1. The molecule has 0 aliphatic rings. The highest BCUT2D eigenvalue weighted by Gasteiger charge is 2.07. The Kier molecular flexibility index (Phi) is 5.25. The van der Waals surface area contributed by atoms with Crippen molar-refractivity contribution in [1.82, 2.24) is 10.3 Å². The number of nitrogens with one attached hydrogen (secondary N) is 1. The van der Waals surface area contributed by atoms with Crippen LogP contribution < -0.4 is 5.32 Å². The van der Waals surface area contributed by atoms with E-state index in [9.17, 15) is 0 Å². The maximum atomic E-state index is 4.64. The number of thiazole rings is 1. The molecule has 0 amide bonds. The van der Waals surface area contributed by atoms with Crippen LogP contribution in [0, 0.1) is 0 Å². The van der Waals surface area contributed by atoms with E-state index >= 15 is 0 Å². The van der Waals surface area contributed by atoms with Gasteiger partial charge in [-0.3, -0.25) is 0 Å². The second-order valence-electron chi connectivity index (χ2n) is 5.68. The Balaban J connectivity index is 1.68. The molecule has 0 atom stereocenters. The molecular weight excluding hydrogens is 272 g/mol. The zero-order valence-corrected chi connectivity index (χ0v) is 13.5. The van der Waals surface area contributed by atoms with Crippen LogP contribution >= 0.6 is 23.1 Å². The van der Waals surface area contributed by atoms with Gasteiger partial charge in [0.1, 0.15) is 0 Å². The van der Waals surface area contributed by atoms with Gasteiger partial charge in [-0.15, -0.1) is 11.3 Å². The lowest BCUT2D eigenvalue weighted by atomic mass is 10.1. The summed E-state index contributed by atoms with van der Waals surface area (Å²) in [6.45, 7) is 7.73. The van der Waals surface area contributed by atoms with E-state index in [1.54, 1.807) is 11.3 Å². The van der Waals surface area contributed by atoms with E-state index < -0.39 is 0 Å². The SMILES string of the molecule is CC(C)(C)NCCCCSc1nc2ccccc2s1. The molecule has 0 aliphatic heterocycles. The number of hydrogen-bond acceptors (Lipinski definition) is 4. The Hall–Kier alpha value is -0.580. The Labute approximate surface area is 124 Å². The van der Waals surface area contributed by atoms with Crippen molar-refractivity contribution in [3.8, 4) is 0 Å². The summed E-state index contributed by atoms with van der Waals surface area (Å²) in [5.74, 6) is 1.16. The monoisotopic (exact) mass is 294 g/mol. The van der Waals surface area contributed by atoms with Crippen LogP contribution in [0.15, 0.2) is 28.6 Å². The summed E-state index contributed by atoms with van der Waals surface area (Å²) < 4.78 is 2.49. The highest BCUT2D eigenvalue weighted by atomic mass is 32.2. The van der Waals surface area contributed by atoms with Crippen LogP contribution in [0.5, 0.6) is 0 Å². The minimum absolute atomic E-state index is 0.236.